The molecule has 0 aliphatic rings. The first-order valence-corrected chi connectivity index (χ1v) is 30.6. The second kappa shape index (κ2) is 58.2. The standard InChI is InChI=1S/C61H120O5/c1-3-5-7-9-11-13-15-17-19-20-21-22-23-24-25-26-27-28-29-30-31-32-33-34-35-36-37-38-39-40-42-44-46-48-50-52-54-56-61(64)66-59(57-62)58-65-60(63)55-53-51-49-47-45-43-41-18-16-14-12-10-8-6-4-2/h59,62H,3-58H2,1-2H3. The van der Waals surface area contributed by atoms with Crippen LogP contribution in [0.15, 0.2) is 0 Å². The SMILES string of the molecule is CCCCCCCCCCCCCCCCCCCCCCCCCCCCCCCCCCCCCCCC(=O)OC(CO)COC(=O)CCCCCCCCCCCCCCCCC. The lowest BCUT2D eigenvalue weighted by Crippen LogP contribution is -2.28. The van der Waals surface area contributed by atoms with Gasteiger partial charge in [-0.25, -0.2) is 0 Å². The number of carbonyl (C=O) groups is 2. The molecule has 0 fully saturated rings. The van der Waals surface area contributed by atoms with Crippen molar-refractivity contribution in [2.75, 3.05) is 13.2 Å². The quantitative estimate of drug-likeness (QED) is 0.0486. The lowest BCUT2D eigenvalue weighted by molar-refractivity contribution is -0.161. The molecule has 0 aromatic carbocycles. The molecule has 0 spiro atoms. The molecule has 0 radical (unpaired) electrons. The third kappa shape index (κ3) is 55.5. The molecule has 0 aliphatic carbocycles. The Morgan fingerprint density at radius 3 is 0.667 bits per heavy atom. The molecule has 0 saturated heterocycles. The number of aliphatic hydroxyl groups excluding tert-OH is 1. The molecular weight excluding hydrogens is 813 g/mol. The van der Waals surface area contributed by atoms with Crippen LogP contribution in [0.25, 0.3) is 0 Å². The van der Waals surface area contributed by atoms with E-state index in [-0.39, 0.29) is 25.2 Å². The molecule has 0 aromatic rings. The summed E-state index contributed by atoms with van der Waals surface area (Å²) in [5.74, 6) is -0.565. The number of rotatable bonds is 58. The minimum atomic E-state index is -0.764. The Morgan fingerprint density at radius 1 is 0.288 bits per heavy atom. The minimum Gasteiger partial charge on any atom is -0.462 e. The molecule has 0 bridgehead atoms. The zero-order chi connectivity index (χ0) is 47.7. The fourth-order valence-corrected chi connectivity index (χ4v) is 9.80. The van der Waals surface area contributed by atoms with Crippen LogP contribution < -0.4 is 0 Å². The maximum atomic E-state index is 12.3. The zero-order valence-electron chi connectivity index (χ0n) is 45.3. The summed E-state index contributed by atoms with van der Waals surface area (Å²) in [5.41, 5.74) is 0. The van der Waals surface area contributed by atoms with Crippen LogP contribution in [0.1, 0.15) is 361 Å². The predicted molar refractivity (Wildman–Crippen MR) is 289 cm³/mol. The number of esters is 2. The van der Waals surface area contributed by atoms with E-state index in [1.54, 1.807) is 0 Å². The Morgan fingerprint density at radius 2 is 0.470 bits per heavy atom. The van der Waals surface area contributed by atoms with Crippen LogP contribution in [-0.2, 0) is 19.1 Å². The summed E-state index contributed by atoms with van der Waals surface area (Å²) in [5, 5.41) is 9.64. The Labute approximate surface area is 414 Å². The van der Waals surface area contributed by atoms with Crippen LogP contribution >= 0.6 is 0 Å². The van der Waals surface area contributed by atoms with Gasteiger partial charge in [-0.2, -0.15) is 0 Å². The van der Waals surface area contributed by atoms with Crippen LogP contribution in [0, 0.1) is 0 Å². The highest BCUT2D eigenvalue weighted by atomic mass is 16.6. The minimum absolute atomic E-state index is 0.0560. The summed E-state index contributed by atoms with van der Waals surface area (Å²) in [6, 6.07) is 0. The van der Waals surface area contributed by atoms with Crippen LogP contribution in [0.4, 0.5) is 0 Å². The van der Waals surface area contributed by atoms with Gasteiger partial charge in [-0.05, 0) is 12.8 Å². The van der Waals surface area contributed by atoms with E-state index < -0.39 is 6.10 Å². The molecule has 1 unspecified atom stereocenters. The van der Waals surface area contributed by atoms with Gasteiger partial charge < -0.3 is 14.6 Å². The number of carbonyl (C=O) groups excluding carboxylic acids is 2. The summed E-state index contributed by atoms with van der Waals surface area (Å²) in [7, 11) is 0. The van der Waals surface area contributed by atoms with E-state index in [4.69, 9.17) is 9.47 Å². The van der Waals surface area contributed by atoms with Gasteiger partial charge in [0.2, 0.25) is 0 Å². The zero-order valence-corrected chi connectivity index (χ0v) is 45.3. The summed E-state index contributed by atoms with van der Waals surface area (Å²) >= 11 is 0. The van der Waals surface area contributed by atoms with Gasteiger partial charge in [0.15, 0.2) is 6.10 Å². The number of hydrogen-bond donors (Lipinski definition) is 1. The smallest absolute Gasteiger partial charge is 0.306 e. The fourth-order valence-electron chi connectivity index (χ4n) is 9.80. The first-order chi connectivity index (χ1) is 32.6. The molecule has 1 N–H and O–H groups in total. The lowest BCUT2D eigenvalue weighted by Gasteiger charge is -2.15. The van der Waals surface area contributed by atoms with Crippen molar-refractivity contribution in [3.8, 4) is 0 Å². The molecule has 0 heterocycles. The van der Waals surface area contributed by atoms with E-state index in [1.807, 2.05) is 0 Å². The predicted octanol–water partition coefficient (Wildman–Crippen LogP) is 20.5. The Balaban J connectivity index is 3.33. The molecule has 1 atom stereocenters. The molecule has 0 aromatic heterocycles. The van der Waals surface area contributed by atoms with Crippen molar-refractivity contribution in [3.05, 3.63) is 0 Å². The molecule has 5 heteroatoms. The number of unbranched alkanes of at least 4 members (excludes halogenated alkanes) is 50. The summed E-state index contributed by atoms with van der Waals surface area (Å²) in [6.45, 7) is 4.20. The molecule has 0 rings (SSSR count). The summed E-state index contributed by atoms with van der Waals surface area (Å²) < 4.78 is 10.7. The van der Waals surface area contributed by atoms with Crippen molar-refractivity contribution in [2.24, 2.45) is 0 Å². The molecule has 5 nitrogen and oxygen atoms in total. The van der Waals surface area contributed by atoms with E-state index in [0.29, 0.717) is 12.8 Å². The van der Waals surface area contributed by atoms with Crippen molar-refractivity contribution in [2.45, 2.75) is 367 Å². The highest BCUT2D eigenvalue weighted by molar-refractivity contribution is 5.70. The van der Waals surface area contributed by atoms with Crippen LogP contribution in [0.5, 0.6) is 0 Å². The van der Waals surface area contributed by atoms with Gasteiger partial charge in [0.25, 0.3) is 0 Å². The molecule has 66 heavy (non-hydrogen) atoms. The number of ether oxygens (including phenoxy) is 2. The monoisotopic (exact) mass is 933 g/mol. The third-order valence-corrected chi connectivity index (χ3v) is 14.4. The second-order valence-electron chi connectivity index (χ2n) is 21.2. The summed E-state index contributed by atoms with van der Waals surface area (Å²) in [4.78, 5) is 24.5. The second-order valence-corrected chi connectivity index (χ2v) is 21.2. The average molecular weight is 934 g/mol. The normalized spacial score (nSPS) is 12.0. The molecule has 394 valence electrons. The van der Waals surface area contributed by atoms with Gasteiger partial charge in [0.05, 0.1) is 6.61 Å². The summed E-state index contributed by atoms with van der Waals surface area (Å²) in [6.07, 6.45) is 71.2. The van der Waals surface area contributed by atoms with Crippen molar-refractivity contribution in [3.63, 3.8) is 0 Å². The van der Waals surface area contributed by atoms with Crippen molar-refractivity contribution in [1.82, 2.24) is 0 Å². The first-order valence-electron chi connectivity index (χ1n) is 30.6. The van der Waals surface area contributed by atoms with Gasteiger partial charge in [-0.15, -0.1) is 0 Å². The average Bonchev–Trinajstić information content (AvgIpc) is 3.32. The maximum Gasteiger partial charge on any atom is 0.306 e. The lowest BCUT2D eigenvalue weighted by atomic mass is 10.0. The largest absolute Gasteiger partial charge is 0.462 e. The first kappa shape index (κ1) is 64.9. The van der Waals surface area contributed by atoms with Crippen molar-refractivity contribution in [1.29, 1.82) is 0 Å². The van der Waals surface area contributed by atoms with Gasteiger partial charge in [0, 0.05) is 12.8 Å². The number of hydrogen-bond acceptors (Lipinski definition) is 5. The molecule has 0 saturated carbocycles. The Hall–Kier alpha value is -1.10. The van der Waals surface area contributed by atoms with E-state index in [2.05, 4.69) is 13.8 Å². The van der Waals surface area contributed by atoms with Gasteiger partial charge >= 0.3 is 11.9 Å². The van der Waals surface area contributed by atoms with E-state index in [0.717, 1.165) is 32.1 Å². The third-order valence-electron chi connectivity index (χ3n) is 14.4. The van der Waals surface area contributed by atoms with Crippen LogP contribution in [0.3, 0.4) is 0 Å². The van der Waals surface area contributed by atoms with Crippen molar-refractivity contribution < 1.29 is 24.2 Å². The fraction of sp³-hybridized carbons (Fsp3) is 0.967. The van der Waals surface area contributed by atoms with E-state index in [9.17, 15) is 14.7 Å². The Kier molecular flexibility index (Phi) is 57.2. The molecule has 0 amide bonds. The highest BCUT2D eigenvalue weighted by Crippen LogP contribution is 2.19. The van der Waals surface area contributed by atoms with Crippen LogP contribution in [-0.4, -0.2) is 36.4 Å². The number of aliphatic hydroxyl groups is 1. The van der Waals surface area contributed by atoms with Gasteiger partial charge in [-0.3, -0.25) is 9.59 Å². The van der Waals surface area contributed by atoms with Crippen molar-refractivity contribution >= 4 is 11.9 Å². The maximum absolute atomic E-state index is 12.3. The molecular formula is C61H120O5. The Bertz CT molecular complexity index is 921. The van der Waals surface area contributed by atoms with E-state index in [1.165, 1.54) is 302 Å². The van der Waals surface area contributed by atoms with Gasteiger partial charge in [0.1, 0.15) is 6.61 Å². The van der Waals surface area contributed by atoms with Crippen LogP contribution in [0.2, 0.25) is 0 Å². The molecule has 0 aliphatic heterocycles. The highest BCUT2D eigenvalue weighted by Gasteiger charge is 2.16. The topological polar surface area (TPSA) is 72.8 Å². The van der Waals surface area contributed by atoms with E-state index >= 15 is 0 Å². The van der Waals surface area contributed by atoms with Gasteiger partial charge in [-0.1, -0.05) is 335 Å².